The maximum atomic E-state index is 14.5. The Kier molecular flexibility index (Phi) is 6.61. The van der Waals surface area contributed by atoms with Gasteiger partial charge in [0.25, 0.3) is 5.88 Å². The molecule has 0 amide bonds. The Balaban J connectivity index is 1.23. The number of carbonyl (C=O) groups is 2. The summed E-state index contributed by atoms with van der Waals surface area (Å²) in [6.07, 6.45) is 0.543. The van der Waals surface area contributed by atoms with Crippen LogP contribution in [0.3, 0.4) is 0 Å². The Hall–Kier alpha value is -5.25. The number of benzene rings is 4. The van der Waals surface area contributed by atoms with Crippen LogP contribution < -0.4 is 4.74 Å². The van der Waals surface area contributed by atoms with Gasteiger partial charge in [-0.05, 0) is 71.7 Å². The van der Waals surface area contributed by atoms with Gasteiger partial charge in [-0.15, -0.1) is 0 Å². The highest BCUT2D eigenvalue weighted by atomic mass is 16.5. The van der Waals surface area contributed by atoms with E-state index in [9.17, 15) is 24.9 Å². The van der Waals surface area contributed by atoms with E-state index in [4.69, 9.17) is 9.26 Å². The summed E-state index contributed by atoms with van der Waals surface area (Å²) in [6, 6.07) is 26.1. The number of aliphatic hydroxyl groups is 2. The van der Waals surface area contributed by atoms with Crippen LogP contribution in [0.5, 0.6) is 11.6 Å². The molecule has 8 rings (SSSR count). The molecule has 9 heteroatoms. The van der Waals surface area contributed by atoms with Gasteiger partial charge in [0, 0.05) is 16.9 Å². The van der Waals surface area contributed by atoms with Gasteiger partial charge in [-0.2, -0.15) is 0 Å². The van der Waals surface area contributed by atoms with Gasteiger partial charge in [0.05, 0.1) is 11.6 Å². The van der Waals surface area contributed by atoms with Gasteiger partial charge in [0.15, 0.2) is 11.4 Å². The van der Waals surface area contributed by atoms with Crippen molar-refractivity contribution in [1.82, 2.24) is 10.1 Å². The predicted molar refractivity (Wildman–Crippen MR) is 174 cm³/mol. The molecule has 4 aromatic carbocycles. The Morgan fingerprint density at radius 1 is 0.915 bits per heavy atom. The van der Waals surface area contributed by atoms with Gasteiger partial charge in [-0.1, -0.05) is 78.9 Å². The number of nitrogens with zero attached hydrogens (tertiary/aromatic N) is 2. The van der Waals surface area contributed by atoms with E-state index in [-0.39, 0.29) is 47.1 Å². The molecule has 236 valence electrons. The number of aromatic nitrogens is 1. The van der Waals surface area contributed by atoms with Crippen LogP contribution in [0.1, 0.15) is 45.3 Å². The van der Waals surface area contributed by atoms with E-state index in [1.54, 1.807) is 19.0 Å². The minimum atomic E-state index is -2.51. The first-order chi connectivity index (χ1) is 22.7. The summed E-state index contributed by atoms with van der Waals surface area (Å²) in [4.78, 5) is 30.5. The van der Waals surface area contributed by atoms with Crippen LogP contribution in [0.25, 0.3) is 27.7 Å². The second kappa shape index (κ2) is 10.7. The lowest BCUT2D eigenvalue weighted by atomic mass is 9.57. The summed E-state index contributed by atoms with van der Waals surface area (Å²) < 4.78 is 11.6. The number of hydrogen-bond donors (Lipinski definition) is 3. The quantitative estimate of drug-likeness (QED) is 0.199. The maximum Gasteiger partial charge on any atom is 0.265 e. The lowest BCUT2D eigenvalue weighted by Gasteiger charge is -2.49. The van der Waals surface area contributed by atoms with Gasteiger partial charge in [0.2, 0.25) is 11.6 Å². The lowest BCUT2D eigenvalue weighted by Crippen LogP contribution is -2.63. The van der Waals surface area contributed by atoms with Crippen molar-refractivity contribution in [2.24, 2.45) is 11.8 Å². The first-order valence-electron chi connectivity index (χ1n) is 15.6. The molecule has 9 nitrogen and oxygen atoms in total. The molecule has 1 fully saturated rings. The van der Waals surface area contributed by atoms with Crippen LogP contribution in [0.2, 0.25) is 0 Å². The third kappa shape index (κ3) is 4.27. The number of ether oxygens (including phenoxy) is 1. The monoisotopic (exact) mass is 628 g/mol. The van der Waals surface area contributed by atoms with Crippen LogP contribution in [0.4, 0.5) is 0 Å². The molecule has 0 bridgehead atoms. The molecule has 3 N–H and O–H groups in total. The van der Waals surface area contributed by atoms with Crippen molar-refractivity contribution >= 4 is 28.1 Å². The number of ketones is 2. The van der Waals surface area contributed by atoms with Gasteiger partial charge in [-0.3, -0.25) is 14.5 Å². The molecule has 1 aromatic heterocycles. The van der Waals surface area contributed by atoms with Gasteiger partial charge < -0.3 is 24.6 Å². The van der Waals surface area contributed by atoms with E-state index in [0.29, 0.717) is 17.4 Å². The zero-order chi connectivity index (χ0) is 32.6. The number of hydrogen-bond acceptors (Lipinski definition) is 9. The molecule has 0 unspecified atom stereocenters. The number of phenols is 1. The molecule has 1 saturated carbocycles. The minimum absolute atomic E-state index is 0.0531. The Bertz CT molecular complexity index is 2120. The van der Waals surface area contributed by atoms with Gasteiger partial charge >= 0.3 is 0 Å². The third-order valence-electron chi connectivity index (χ3n) is 10.0. The van der Waals surface area contributed by atoms with Crippen molar-refractivity contribution in [2.75, 3.05) is 14.1 Å². The number of aromatic hydroxyl groups is 1. The molecule has 0 aliphatic heterocycles. The molecule has 5 aromatic rings. The highest BCUT2D eigenvalue weighted by molar-refractivity contribution is 6.26. The zero-order valence-corrected chi connectivity index (χ0v) is 25.8. The van der Waals surface area contributed by atoms with Crippen molar-refractivity contribution in [1.29, 1.82) is 0 Å². The molecular formula is C38H32N2O7. The van der Waals surface area contributed by atoms with E-state index in [1.165, 1.54) is 0 Å². The maximum absolute atomic E-state index is 14.5. The summed E-state index contributed by atoms with van der Waals surface area (Å²) in [7, 11) is 3.57. The second-order valence-corrected chi connectivity index (χ2v) is 12.9. The summed E-state index contributed by atoms with van der Waals surface area (Å²) in [5, 5.41) is 41.0. The number of phenolic OH excluding ortho intramolecular Hbond substituents is 1. The summed E-state index contributed by atoms with van der Waals surface area (Å²) in [5.41, 5.74) is 0.883. The lowest BCUT2D eigenvalue weighted by molar-refractivity contribution is -0.142. The molecule has 0 spiro atoms. The Morgan fingerprint density at radius 2 is 1.64 bits per heavy atom. The van der Waals surface area contributed by atoms with Crippen LogP contribution in [0, 0.1) is 11.8 Å². The van der Waals surface area contributed by atoms with E-state index in [2.05, 4.69) is 5.16 Å². The van der Waals surface area contributed by atoms with Gasteiger partial charge in [0.1, 0.15) is 23.7 Å². The van der Waals surface area contributed by atoms with E-state index < -0.39 is 40.8 Å². The number of rotatable bonds is 5. The molecular weight excluding hydrogens is 596 g/mol. The normalized spacial score (nSPS) is 23.4. The fraction of sp³-hybridized carbons (Fsp3) is 0.237. The van der Waals surface area contributed by atoms with Gasteiger partial charge in [-0.25, -0.2) is 0 Å². The fourth-order valence-electron chi connectivity index (χ4n) is 7.83. The van der Waals surface area contributed by atoms with Crippen LogP contribution >= 0.6 is 0 Å². The van der Waals surface area contributed by atoms with Crippen LogP contribution in [-0.2, 0) is 17.8 Å². The highest BCUT2D eigenvalue weighted by Crippen LogP contribution is 2.56. The van der Waals surface area contributed by atoms with E-state index >= 15 is 0 Å². The van der Waals surface area contributed by atoms with Crippen LogP contribution in [0.15, 0.2) is 95.0 Å². The van der Waals surface area contributed by atoms with Crippen molar-refractivity contribution in [2.45, 2.75) is 31.1 Å². The standard InChI is InChI=1S/C38H32N2O7/c1-40(2)31-27-18-25-16-24-15-23-14-13-22(21-11-7-4-8-12-21)17-26(23)32(41)28(24)33(42)29(25)35(43)38(27,45)36(44)30-34(31)47-39-37(30)46-19-20-9-5-3-6-10-20/h3-15,17,25,27,31,41-42,45H,16,18-19H2,1-2H3/t25-,27-,31-,38-/m0/s1. The fourth-order valence-corrected chi connectivity index (χ4v) is 7.83. The first-order valence-corrected chi connectivity index (χ1v) is 15.6. The summed E-state index contributed by atoms with van der Waals surface area (Å²) in [6.45, 7) is 0.0968. The smallest absolute Gasteiger partial charge is 0.265 e. The van der Waals surface area contributed by atoms with Crippen molar-refractivity contribution in [3.8, 4) is 22.8 Å². The molecule has 47 heavy (non-hydrogen) atoms. The molecule has 0 saturated heterocycles. The number of fused-ring (bicyclic) bond motifs is 5. The number of aliphatic hydroxyl groups excluding tert-OH is 1. The number of carbonyl (C=O) groups excluding carboxylic acids is 2. The molecule has 3 aliphatic rings. The molecule has 3 aliphatic carbocycles. The van der Waals surface area contributed by atoms with Crippen molar-refractivity contribution in [3.05, 3.63) is 119 Å². The summed E-state index contributed by atoms with van der Waals surface area (Å²) in [5.74, 6) is -3.57. The SMILES string of the molecule is CN(C)[C@@H]1c2onc(OCc3ccccc3)c2C(=O)[C@@]2(O)C(=O)C3=C(O)c4c(cc5ccc(-c6ccccc6)cc5c4O)C[C@H]3C[C@@H]12. The third-order valence-corrected chi connectivity index (χ3v) is 10.0. The molecule has 4 atom stereocenters. The van der Waals surface area contributed by atoms with E-state index in [1.807, 2.05) is 84.9 Å². The van der Waals surface area contributed by atoms with Crippen LogP contribution in [-0.4, -0.2) is 56.6 Å². The average Bonchev–Trinajstić information content (AvgIpc) is 3.49. The molecule has 0 radical (unpaired) electrons. The predicted octanol–water partition coefficient (Wildman–Crippen LogP) is 6.04. The summed E-state index contributed by atoms with van der Waals surface area (Å²) >= 11 is 0. The Labute approximate surface area is 270 Å². The Morgan fingerprint density at radius 3 is 2.36 bits per heavy atom. The largest absolute Gasteiger partial charge is 0.507 e. The second-order valence-electron chi connectivity index (χ2n) is 12.9. The number of Topliss-reactive ketones (excluding diaryl/α,β-unsaturated/α-hetero) is 2. The minimum Gasteiger partial charge on any atom is -0.507 e. The van der Waals surface area contributed by atoms with Crippen molar-refractivity contribution < 1.29 is 34.2 Å². The zero-order valence-electron chi connectivity index (χ0n) is 25.8. The van der Waals surface area contributed by atoms with E-state index in [0.717, 1.165) is 22.1 Å². The van der Waals surface area contributed by atoms with Crippen molar-refractivity contribution in [3.63, 3.8) is 0 Å². The highest BCUT2D eigenvalue weighted by Gasteiger charge is 2.65. The topological polar surface area (TPSA) is 133 Å². The first kappa shape index (κ1) is 29.2. The molecule has 1 heterocycles. The average molecular weight is 629 g/mol.